The topological polar surface area (TPSA) is 18.5 Å². The lowest BCUT2D eigenvalue weighted by atomic mass is 9.81. The SMILES string of the molecule is C1=CC2(Oc3ccccc31)c1ccccc1Oc1ccccc12. The molecule has 0 aliphatic carbocycles. The molecule has 5 rings (SSSR count). The van der Waals surface area contributed by atoms with Gasteiger partial charge in [-0.15, -0.1) is 0 Å². The molecule has 2 heterocycles. The van der Waals surface area contributed by atoms with Crippen molar-refractivity contribution in [3.05, 3.63) is 95.6 Å². The van der Waals surface area contributed by atoms with E-state index in [2.05, 4.69) is 30.4 Å². The Balaban J connectivity index is 1.81. The van der Waals surface area contributed by atoms with E-state index in [-0.39, 0.29) is 0 Å². The van der Waals surface area contributed by atoms with Crippen LogP contribution in [0, 0.1) is 0 Å². The van der Waals surface area contributed by atoms with Crippen LogP contribution in [0.3, 0.4) is 0 Å². The molecule has 0 N–H and O–H groups in total. The van der Waals surface area contributed by atoms with Crippen molar-refractivity contribution in [2.45, 2.75) is 5.60 Å². The lowest BCUT2D eigenvalue weighted by Crippen LogP contribution is -2.36. The third-order valence-corrected chi connectivity index (χ3v) is 4.48. The third-order valence-electron chi connectivity index (χ3n) is 4.48. The molecule has 3 aromatic rings. The zero-order valence-corrected chi connectivity index (χ0v) is 12.4. The summed E-state index contributed by atoms with van der Waals surface area (Å²) in [4.78, 5) is 0. The quantitative estimate of drug-likeness (QED) is 0.572. The van der Waals surface area contributed by atoms with Crippen LogP contribution in [0.15, 0.2) is 78.9 Å². The van der Waals surface area contributed by atoms with E-state index in [0.717, 1.165) is 33.9 Å². The van der Waals surface area contributed by atoms with Gasteiger partial charge in [0.2, 0.25) is 0 Å². The second-order valence-corrected chi connectivity index (χ2v) is 5.80. The molecule has 2 aliphatic heterocycles. The Morgan fingerprint density at radius 1 is 0.609 bits per heavy atom. The van der Waals surface area contributed by atoms with Gasteiger partial charge in [-0.1, -0.05) is 60.7 Å². The van der Waals surface area contributed by atoms with Crippen molar-refractivity contribution in [1.29, 1.82) is 0 Å². The van der Waals surface area contributed by atoms with Crippen LogP contribution in [-0.2, 0) is 5.60 Å². The monoisotopic (exact) mass is 298 g/mol. The van der Waals surface area contributed by atoms with E-state index in [9.17, 15) is 0 Å². The third kappa shape index (κ3) is 1.69. The largest absolute Gasteiger partial charge is 0.473 e. The van der Waals surface area contributed by atoms with E-state index in [1.807, 2.05) is 54.6 Å². The molecule has 23 heavy (non-hydrogen) atoms. The fourth-order valence-electron chi connectivity index (χ4n) is 3.40. The molecule has 0 aromatic heterocycles. The van der Waals surface area contributed by atoms with Crippen molar-refractivity contribution in [1.82, 2.24) is 0 Å². The molecule has 0 atom stereocenters. The summed E-state index contributed by atoms with van der Waals surface area (Å²) in [5.74, 6) is 2.58. The minimum Gasteiger partial charge on any atom is -0.473 e. The van der Waals surface area contributed by atoms with Gasteiger partial charge >= 0.3 is 0 Å². The van der Waals surface area contributed by atoms with Crippen LogP contribution in [-0.4, -0.2) is 0 Å². The van der Waals surface area contributed by atoms with E-state index >= 15 is 0 Å². The van der Waals surface area contributed by atoms with Gasteiger partial charge in [-0.2, -0.15) is 0 Å². The fourth-order valence-corrected chi connectivity index (χ4v) is 3.40. The highest BCUT2D eigenvalue weighted by Gasteiger charge is 2.44. The van der Waals surface area contributed by atoms with E-state index < -0.39 is 5.60 Å². The minimum atomic E-state index is -0.639. The van der Waals surface area contributed by atoms with Crippen molar-refractivity contribution in [3.63, 3.8) is 0 Å². The smallest absolute Gasteiger partial charge is 0.185 e. The van der Waals surface area contributed by atoms with Crippen molar-refractivity contribution in [2.24, 2.45) is 0 Å². The second-order valence-electron chi connectivity index (χ2n) is 5.80. The summed E-state index contributed by atoms with van der Waals surface area (Å²) < 4.78 is 12.6. The maximum absolute atomic E-state index is 6.55. The second kappa shape index (κ2) is 4.50. The van der Waals surface area contributed by atoms with Crippen LogP contribution >= 0.6 is 0 Å². The number of hydrogen-bond acceptors (Lipinski definition) is 2. The first-order chi connectivity index (χ1) is 11.4. The highest BCUT2D eigenvalue weighted by Crippen LogP contribution is 2.51. The van der Waals surface area contributed by atoms with Gasteiger partial charge in [0.25, 0.3) is 0 Å². The van der Waals surface area contributed by atoms with Crippen molar-refractivity contribution in [2.75, 3.05) is 0 Å². The maximum atomic E-state index is 6.55. The van der Waals surface area contributed by atoms with Crippen molar-refractivity contribution >= 4 is 6.08 Å². The first-order valence-electron chi connectivity index (χ1n) is 7.71. The first kappa shape index (κ1) is 12.5. The van der Waals surface area contributed by atoms with E-state index in [1.54, 1.807) is 0 Å². The molecule has 0 fully saturated rings. The lowest BCUT2D eigenvalue weighted by molar-refractivity contribution is 0.146. The number of ether oxygens (including phenoxy) is 2. The molecule has 2 aliphatic rings. The Morgan fingerprint density at radius 2 is 1.17 bits per heavy atom. The summed E-state index contributed by atoms with van der Waals surface area (Å²) in [6.07, 6.45) is 4.27. The summed E-state index contributed by atoms with van der Waals surface area (Å²) >= 11 is 0. The van der Waals surface area contributed by atoms with Crippen molar-refractivity contribution < 1.29 is 9.47 Å². The number of hydrogen-bond donors (Lipinski definition) is 0. The Labute approximate surface area is 134 Å². The van der Waals surface area contributed by atoms with E-state index in [4.69, 9.17) is 9.47 Å². The van der Waals surface area contributed by atoms with Gasteiger partial charge in [-0.3, -0.25) is 0 Å². The molecule has 0 unspecified atom stereocenters. The molecule has 0 saturated carbocycles. The van der Waals surface area contributed by atoms with Gasteiger partial charge in [0.15, 0.2) is 5.60 Å². The van der Waals surface area contributed by atoms with Crippen LogP contribution in [0.2, 0.25) is 0 Å². The highest BCUT2D eigenvalue weighted by atomic mass is 16.5. The zero-order valence-electron chi connectivity index (χ0n) is 12.4. The van der Waals surface area contributed by atoms with Crippen LogP contribution < -0.4 is 9.47 Å². The Hall–Kier alpha value is -3.00. The molecule has 0 saturated heterocycles. The fraction of sp³-hybridized carbons (Fsp3) is 0.0476. The summed E-state index contributed by atoms with van der Waals surface area (Å²) in [6, 6.07) is 24.3. The summed E-state index contributed by atoms with van der Waals surface area (Å²) in [5, 5.41) is 0. The van der Waals surface area contributed by atoms with Gasteiger partial charge in [0.05, 0.1) is 0 Å². The van der Waals surface area contributed by atoms with E-state index in [1.165, 1.54) is 0 Å². The van der Waals surface area contributed by atoms with Crippen LogP contribution in [0.1, 0.15) is 16.7 Å². The molecule has 2 nitrogen and oxygen atoms in total. The lowest BCUT2D eigenvalue weighted by Gasteiger charge is -2.40. The summed E-state index contributed by atoms with van der Waals surface area (Å²) in [5.41, 5.74) is 2.52. The van der Waals surface area contributed by atoms with Crippen molar-refractivity contribution in [3.8, 4) is 17.2 Å². The predicted octanol–water partition coefficient (Wildman–Crippen LogP) is 5.14. The molecule has 0 amide bonds. The Kier molecular flexibility index (Phi) is 2.45. The number of rotatable bonds is 0. The molecule has 1 spiro atoms. The molecule has 0 radical (unpaired) electrons. The van der Waals surface area contributed by atoms with Crippen LogP contribution in [0.4, 0.5) is 0 Å². The van der Waals surface area contributed by atoms with Crippen LogP contribution in [0.25, 0.3) is 6.08 Å². The zero-order chi connectivity index (χ0) is 15.3. The number of para-hydroxylation sites is 3. The Bertz CT molecular complexity index is 894. The van der Waals surface area contributed by atoms with Gasteiger partial charge in [-0.05, 0) is 24.3 Å². The Morgan fingerprint density at radius 3 is 1.87 bits per heavy atom. The predicted molar refractivity (Wildman–Crippen MR) is 89.8 cm³/mol. The van der Waals surface area contributed by atoms with Gasteiger partial charge in [0, 0.05) is 16.7 Å². The minimum absolute atomic E-state index is 0.639. The molecular weight excluding hydrogens is 284 g/mol. The summed E-state index contributed by atoms with van der Waals surface area (Å²) in [7, 11) is 0. The number of benzene rings is 3. The normalized spacial score (nSPS) is 15.8. The molecular formula is C21H14O2. The summed E-state index contributed by atoms with van der Waals surface area (Å²) in [6.45, 7) is 0. The molecule has 0 bridgehead atoms. The molecule has 110 valence electrons. The van der Waals surface area contributed by atoms with Gasteiger partial charge < -0.3 is 9.47 Å². The average Bonchev–Trinajstić information content (AvgIpc) is 2.62. The molecule has 2 heteroatoms. The highest BCUT2D eigenvalue weighted by molar-refractivity contribution is 5.68. The van der Waals surface area contributed by atoms with E-state index in [0.29, 0.717) is 0 Å². The van der Waals surface area contributed by atoms with Crippen LogP contribution in [0.5, 0.6) is 17.2 Å². The maximum Gasteiger partial charge on any atom is 0.185 e. The standard InChI is InChI=1S/C21H14O2/c1-4-10-18-15(7-1)13-14-21(23-18)16-8-2-5-11-19(16)22-20-12-6-3-9-17(20)21/h1-14H. The average molecular weight is 298 g/mol. The number of fused-ring (bicyclic) bond motifs is 5. The molecule has 3 aromatic carbocycles. The first-order valence-corrected chi connectivity index (χ1v) is 7.71. The van der Waals surface area contributed by atoms with Gasteiger partial charge in [-0.25, -0.2) is 0 Å². The van der Waals surface area contributed by atoms with Gasteiger partial charge in [0.1, 0.15) is 17.2 Å².